The maximum atomic E-state index is 12.5. The first kappa shape index (κ1) is 19.2. The van der Waals surface area contributed by atoms with Crippen LogP contribution in [0, 0.1) is 6.92 Å². The molecular weight excluding hydrogens is 364 g/mol. The van der Waals surface area contributed by atoms with Gasteiger partial charge in [-0.1, -0.05) is 17.7 Å². The Kier molecular flexibility index (Phi) is 5.72. The van der Waals surface area contributed by atoms with Gasteiger partial charge in [0, 0.05) is 6.04 Å². The van der Waals surface area contributed by atoms with Crippen LogP contribution >= 0.6 is 11.6 Å². The number of aromatic hydroxyl groups is 1. The molecule has 0 saturated heterocycles. The molecule has 0 saturated carbocycles. The summed E-state index contributed by atoms with van der Waals surface area (Å²) in [4.78, 5) is 12.4. The third-order valence-corrected chi connectivity index (χ3v) is 5.27. The van der Waals surface area contributed by atoms with Gasteiger partial charge in [-0.3, -0.25) is 4.79 Å². The first-order valence-corrected chi connectivity index (χ1v) is 9.39. The van der Waals surface area contributed by atoms with E-state index in [1.807, 2.05) is 0 Å². The summed E-state index contributed by atoms with van der Waals surface area (Å²) in [6.07, 6.45) is 0. The number of hydrogen-bond donors (Lipinski definition) is 3. The molecule has 0 aromatic heterocycles. The summed E-state index contributed by atoms with van der Waals surface area (Å²) in [5.74, 6) is -0.708. The smallest absolute Gasteiger partial charge is 0.257 e. The molecule has 2 aromatic rings. The molecule has 6 nitrogen and oxygen atoms in total. The van der Waals surface area contributed by atoms with Crippen molar-refractivity contribution in [3.63, 3.8) is 0 Å². The summed E-state index contributed by atoms with van der Waals surface area (Å²) < 4.78 is 26.9. The number of hydrogen-bond acceptors (Lipinski definition) is 4. The van der Waals surface area contributed by atoms with Crippen molar-refractivity contribution in [1.82, 2.24) is 4.72 Å². The molecule has 0 aliphatic rings. The minimum absolute atomic E-state index is 0.00623. The van der Waals surface area contributed by atoms with Gasteiger partial charge in [0.1, 0.15) is 5.75 Å². The molecule has 0 aliphatic carbocycles. The van der Waals surface area contributed by atoms with Crippen molar-refractivity contribution in [2.75, 3.05) is 5.32 Å². The fourth-order valence-electron chi connectivity index (χ4n) is 2.16. The van der Waals surface area contributed by atoms with Gasteiger partial charge in [0.25, 0.3) is 5.91 Å². The van der Waals surface area contributed by atoms with E-state index in [1.54, 1.807) is 32.9 Å². The van der Waals surface area contributed by atoms with Gasteiger partial charge in [0.15, 0.2) is 0 Å². The number of phenols is 1. The molecule has 0 aliphatic heterocycles. The average Bonchev–Trinajstić information content (AvgIpc) is 2.49. The normalized spacial score (nSPS) is 11.6. The number of nitrogens with one attached hydrogen (secondary N) is 2. The minimum atomic E-state index is -3.76. The van der Waals surface area contributed by atoms with Crippen molar-refractivity contribution in [1.29, 1.82) is 0 Å². The number of phenolic OH excluding ortho intramolecular Hbond substituents is 1. The standard InChI is InChI=1S/C17H19ClN2O4S/c1-10(2)20-25(23,24)12-5-6-14(18)13(9-12)17(22)19-15-7-4-11(3)8-16(15)21/h4-10,20-21H,1-3H3,(H,19,22). The fourth-order valence-corrected chi connectivity index (χ4v) is 3.64. The fraction of sp³-hybridized carbons (Fsp3) is 0.235. The monoisotopic (exact) mass is 382 g/mol. The SMILES string of the molecule is Cc1ccc(NC(=O)c2cc(S(=O)(=O)NC(C)C)ccc2Cl)c(O)c1. The van der Waals surface area contributed by atoms with Gasteiger partial charge in [-0.15, -0.1) is 0 Å². The maximum absolute atomic E-state index is 12.5. The van der Waals surface area contributed by atoms with E-state index >= 15 is 0 Å². The van der Waals surface area contributed by atoms with Crippen molar-refractivity contribution in [3.05, 3.63) is 52.5 Å². The molecule has 0 bridgehead atoms. The second kappa shape index (κ2) is 7.43. The van der Waals surface area contributed by atoms with Crippen molar-refractivity contribution in [2.45, 2.75) is 31.7 Å². The summed E-state index contributed by atoms with van der Waals surface area (Å²) in [7, 11) is -3.76. The van der Waals surface area contributed by atoms with E-state index in [4.69, 9.17) is 11.6 Å². The van der Waals surface area contributed by atoms with Gasteiger partial charge in [-0.2, -0.15) is 0 Å². The van der Waals surface area contributed by atoms with E-state index in [-0.39, 0.29) is 33.0 Å². The Labute approximate surface area is 151 Å². The second-order valence-electron chi connectivity index (χ2n) is 5.89. The number of amides is 1. The zero-order chi connectivity index (χ0) is 18.8. The number of carbonyl (C=O) groups excluding carboxylic acids is 1. The van der Waals surface area contributed by atoms with E-state index in [2.05, 4.69) is 10.0 Å². The molecule has 1 amide bonds. The Morgan fingerprint density at radius 1 is 1.16 bits per heavy atom. The molecule has 2 rings (SSSR count). The lowest BCUT2D eigenvalue weighted by Gasteiger charge is -2.12. The van der Waals surface area contributed by atoms with Crippen LogP contribution in [0.15, 0.2) is 41.3 Å². The summed E-state index contributed by atoms with van der Waals surface area (Å²) >= 11 is 6.04. The van der Waals surface area contributed by atoms with E-state index in [0.29, 0.717) is 0 Å². The molecule has 0 fully saturated rings. The molecule has 0 radical (unpaired) electrons. The van der Waals surface area contributed by atoms with Gasteiger partial charge in [-0.05, 0) is 56.7 Å². The Morgan fingerprint density at radius 2 is 1.84 bits per heavy atom. The van der Waals surface area contributed by atoms with Crippen LogP contribution in [-0.2, 0) is 10.0 Å². The molecule has 0 spiro atoms. The summed E-state index contributed by atoms with van der Waals surface area (Å²) in [6, 6.07) is 8.37. The first-order valence-electron chi connectivity index (χ1n) is 7.53. The Balaban J connectivity index is 2.35. The number of rotatable bonds is 5. The summed E-state index contributed by atoms with van der Waals surface area (Å²) in [5.41, 5.74) is 1.04. The number of aryl methyl sites for hydroxylation is 1. The largest absolute Gasteiger partial charge is 0.506 e. The molecule has 0 atom stereocenters. The van der Waals surface area contributed by atoms with Gasteiger partial charge in [0.05, 0.1) is 21.2 Å². The van der Waals surface area contributed by atoms with Gasteiger partial charge in [0.2, 0.25) is 10.0 Å². The Morgan fingerprint density at radius 3 is 2.44 bits per heavy atom. The number of halogens is 1. The Hall–Kier alpha value is -2.09. The quantitative estimate of drug-likeness (QED) is 0.691. The summed E-state index contributed by atoms with van der Waals surface area (Å²) in [5, 5.41) is 12.5. The van der Waals surface area contributed by atoms with Crippen molar-refractivity contribution >= 4 is 33.2 Å². The molecule has 134 valence electrons. The van der Waals surface area contributed by atoms with E-state index in [9.17, 15) is 18.3 Å². The highest BCUT2D eigenvalue weighted by molar-refractivity contribution is 7.89. The minimum Gasteiger partial charge on any atom is -0.506 e. The van der Waals surface area contributed by atoms with E-state index < -0.39 is 15.9 Å². The van der Waals surface area contributed by atoms with Gasteiger partial charge >= 0.3 is 0 Å². The number of benzene rings is 2. The molecule has 0 unspecified atom stereocenters. The van der Waals surface area contributed by atoms with Gasteiger partial charge in [-0.25, -0.2) is 13.1 Å². The zero-order valence-corrected chi connectivity index (χ0v) is 15.6. The molecule has 25 heavy (non-hydrogen) atoms. The molecular formula is C17H19ClN2O4S. The second-order valence-corrected chi connectivity index (χ2v) is 8.01. The van der Waals surface area contributed by atoms with Crippen LogP contribution in [0.5, 0.6) is 5.75 Å². The predicted octanol–water partition coefficient (Wildman–Crippen LogP) is 3.29. The summed E-state index contributed by atoms with van der Waals surface area (Å²) in [6.45, 7) is 5.20. The lowest BCUT2D eigenvalue weighted by Crippen LogP contribution is -2.30. The van der Waals surface area contributed by atoms with Gasteiger partial charge < -0.3 is 10.4 Å². The maximum Gasteiger partial charge on any atom is 0.257 e. The van der Waals surface area contributed by atoms with Crippen LogP contribution in [0.4, 0.5) is 5.69 Å². The average molecular weight is 383 g/mol. The molecule has 2 aromatic carbocycles. The lowest BCUT2D eigenvalue weighted by molar-refractivity contribution is 0.102. The third kappa shape index (κ3) is 4.72. The van der Waals surface area contributed by atoms with E-state index in [1.165, 1.54) is 24.3 Å². The highest BCUT2D eigenvalue weighted by atomic mass is 35.5. The first-order chi connectivity index (χ1) is 11.6. The van der Waals surface area contributed by atoms with Crippen LogP contribution in [0.1, 0.15) is 29.8 Å². The van der Waals surface area contributed by atoms with Crippen LogP contribution < -0.4 is 10.0 Å². The van der Waals surface area contributed by atoms with Crippen molar-refractivity contribution < 1.29 is 18.3 Å². The molecule has 8 heteroatoms. The Bertz CT molecular complexity index is 911. The number of carbonyl (C=O) groups is 1. The third-order valence-electron chi connectivity index (χ3n) is 3.29. The zero-order valence-electron chi connectivity index (χ0n) is 14.0. The van der Waals surface area contributed by atoms with Crippen LogP contribution in [0.3, 0.4) is 0 Å². The van der Waals surface area contributed by atoms with Crippen LogP contribution in [0.25, 0.3) is 0 Å². The number of anilines is 1. The highest BCUT2D eigenvalue weighted by Gasteiger charge is 2.20. The number of sulfonamides is 1. The topological polar surface area (TPSA) is 95.5 Å². The predicted molar refractivity (Wildman–Crippen MR) is 97.7 cm³/mol. The molecule has 0 heterocycles. The molecule has 3 N–H and O–H groups in total. The highest BCUT2D eigenvalue weighted by Crippen LogP contribution is 2.26. The van der Waals surface area contributed by atoms with E-state index in [0.717, 1.165) is 5.56 Å². The lowest BCUT2D eigenvalue weighted by atomic mass is 10.2. The van der Waals surface area contributed by atoms with Crippen molar-refractivity contribution in [2.24, 2.45) is 0 Å². The van der Waals surface area contributed by atoms with Crippen molar-refractivity contribution in [3.8, 4) is 5.75 Å². The van der Waals surface area contributed by atoms with Crippen LogP contribution in [0.2, 0.25) is 5.02 Å². The van der Waals surface area contributed by atoms with Crippen LogP contribution in [-0.4, -0.2) is 25.5 Å².